The molecule has 0 radical (unpaired) electrons. The van der Waals surface area contributed by atoms with Crippen LogP contribution in [0.5, 0.6) is 0 Å². The minimum absolute atomic E-state index is 0.113. The third-order valence-corrected chi connectivity index (χ3v) is 7.15. The van der Waals surface area contributed by atoms with Crippen LogP contribution in [0, 0.1) is 0 Å². The zero-order valence-corrected chi connectivity index (χ0v) is 15.2. The molecule has 1 fully saturated rings. The van der Waals surface area contributed by atoms with Crippen LogP contribution in [0.4, 0.5) is 0 Å². The van der Waals surface area contributed by atoms with Crippen molar-refractivity contribution in [2.45, 2.75) is 50.4 Å². The number of hydrogen-bond donors (Lipinski definition) is 0. The average Bonchev–Trinajstić information content (AvgIpc) is 2.81. The number of nitrogens with zero attached hydrogens (tertiary/aromatic N) is 2. The largest absolute Gasteiger partial charge is 0.348 e. The van der Waals surface area contributed by atoms with Crippen LogP contribution < -0.4 is 0 Å². The standard InChI is InChI=1S/C17H26N2O3S/c1-12-11-16(15-9-7-6-8-10-15)13(2)19(12)23(21,22)14(3)17(20)18(4)5/h6-10,12-14,16H,11H2,1-5H3. The van der Waals surface area contributed by atoms with Gasteiger partial charge in [0.2, 0.25) is 15.9 Å². The molecule has 0 bridgehead atoms. The molecule has 1 aromatic carbocycles. The second kappa shape index (κ2) is 6.61. The number of carbonyl (C=O) groups is 1. The highest BCUT2D eigenvalue weighted by atomic mass is 32.2. The predicted octanol–water partition coefficient (Wildman–Crippen LogP) is 2.06. The van der Waals surface area contributed by atoms with Crippen LogP contribution in [0.15, 0.2) is 30.3 Å². The molecule has 1 aliphatic heterocycles. The van der Waals surface area contributed by atoms with Gasteiger partial charge in [-0.3, -0.25) is 4.79 Å². The van der Waals surface area contributed by atoms with Crippen molar-refractivity contribution in [3.8, 4) is 0 Å². The van der Waals surface area contributed by atoms with Gasteiger partial charge in [0, 0.05) is 32.1 Å². The Morgan fingerprint density at radius 1 is 1.22 bits per heavy atom. The maximum absolute atomic E-state index is 13.0. The average molecular weight is 338 g/mol. The molecule has 1 heterocycles. The lowest BCUT2D eigenvalue weighted by atomic mass is 9.92. The van der Waals surface area contributed by atoms with Crippen LogP contribution in [0.25, 0.3) is 0 Å². The molecule has 1 saturated heterocycles. The van der Waals surface area contributed by atoms with E-state index in [9.17, 15) is 13.2 Å². The molecule has 1 aliphatic rings. The van der Waals surface area contributed by atoms with Gasteiger partial charge < -0.3 is 4.90 Å². The minimum Gasteiger partial charge on any atom is -0.348 e. The van der Waals surface area contributed by atoms with Gasteiger partial charge in [0.15, 0.2) is 5.25 Å². The highest BCUT2D eigenvalue weighted by molar-refractivity contribution is 7.90. The molecular formula is C17H26N2O3S. The van der Waals surface area contributed by atoms with E-state index in [4.69, 9.17) is 0 Å². The molecule has 23 heavy (non-hydrogen) atoms. The fourth-order valence-corrected chi connectivity index (χ4v) is 5.55. The SMILES string of the molecule is CC1CC(c2ccccc2)C(C)N1S(=O)(=O)C(C)C(=O)N(C)C. The van der Waals surface area contributed by atoms with Crippen molar-refractivity contribution in [1.29, 1.82) is 0 Å². The third kappa shape index (κ3) is 3.28. The van der Waals surface area contributed by atoms with E-state index in [0.717, 1.165) is 12.0 Å². The minimum atomic E-state index is -3.68. The van der Waals surface area contributed by atoms with Crippen molar-refractivity contribution in [3.05, 3.63) is 35.9 Å². The van der Waals surface area contributed by atoms with E-state index in [1.54, 1.807) is 14.1 Å². The first kappa shape index (κ1) is 17.9. The summed E-state index contributed by atoms with van der Waals surface area (Å²) in [5.41, 5.74) is 1.15. The monoisotopic (exact) mass is 338 g/mol. The highest BCUT2D eigenvalue weighted by Gasteiger charge is 2.47. The van der Waals surface area contributed by atoms with Crippen molar-refractivity contribution in [2.75, 3.05) is 14.1 Å². The van der Waals surface area contributed by atoms with Gasteiger partial charge >= 0.3 is 0 Å². The van der Waals surface area contributed by atoms with E-state index in [-0.39, 0.29) is 23.9 Å². The molecule has 1 aromatic rings. The smallest absolute Gasteiger partial charge is 0.241 e. The van der Waals surface area contributed by atoms with E-state index in [0.29, 0.717) is 0 Å². The molecule has 128 valence electrons. The van der Waals surface area contributed by atoms with Gasteiger partial charge in [-0.2, -0.15) is 4.31 Å². The molecule has 0 aromatic heterocycles. The van der Waals surface area contributed by atoms with Crippen molar-refractivity contribution in [1.82, 2.24) is 9.21 Å². The van der Waals surface area contributed by atoms with Gasteiger partial charge in [0.25, 0.3) is 0 Å². The fraction of sp³-hybridized carbons (Fsp3) is 0.588. The van der Waals surface area contributed by atoms with E-state index >= 15 is 0 Å². The van der Waals surface area contributed by atoms with Gasteiger partial charge in [0.1, 0.15) is 0 Å². The zero-order chi connectivity index (χ0) is 17.4. The van der Waals surface area contributed by atoms with E-state index < -0.39 is 15.3 Å². The van der Waals surface area contributed by atoms with Gasteiger partial charge in [-0.15, -0.1) is 0 Å². The van der Waals surface area contributed by atoms with Crippen LogP contribution >= 0.6 is 0 Å². The Hall–Kier alpha value is -1.40. The van der Waals surface area contributed by atoms with Crippen LogP contribution in [-0.2, 0) is 14.8 Å². The van der Waals surface area contributed by atoms with Gasteiger partial charge in [-0.25, -0.2) is 8.42 Å². The van der Waals surface area contributed by atoms with E-state index in [2.05, 4.69) is 0 Å². The van der Waals surface area contributed by atoms with Gasteiger partial charge in [-0.1, -0.05) is 30.3 Å². The lowest BCUT2D eigenvalue weighted by Gasteiger charge is -2.30. The summed E-state index contributed by atoms with van der Waals surface area (Å²) < 4.78 is 27.4. The second-order valence-electron chi connectivity index (χ2n) is 6.59. The molecule has 6 heteroatoms. The zero-order valence-electron chi connectivity index (χ0n) is 14.4. The summed E-state index contributed by atoms with van der Waals surface area (Å²) in [7, 11) is -0.517. The molecule has 2 rings (SSSR count). The Labute approximate surface area is 139 Å². The second-order valence-corrected chi connectivity index (χ2v) is 8.75. The molecule has 0 saturated carbocycles. The first-order chi connectivity index (χ1) is 10.7. The lowest BCUT2D eigenvalue weighted by molar-refractivity contribution is -0.128. The quantitative estimate of drug-likeness (QED) is 0.844. The number of sulfonamides is 1. The Morgan fingerprint density at radius 3 is 2.30 bits per heavy atom. The number of benzene rings is 1. The van der Waals surface area contributed by atoms with Gasteiger partial charge in [-0.05, 0) is 32.8 Å². The summed E-state index contributed by atoms with van der Waals surface area (Å²) in [6.45, 7) is 5.34. The van der Waals surface area contributed by atoms with Crippen LogP contribution in [0.2, 0.25) is 0 Å². The van der Waals surface area contributed by atoms with Crippen molar-refractivity contribution < 1.29 is 13.2 Å². The molecular weight excluding hydrogens is 312 g/mol. The first-order valence-corrected chi connectivity index (χ1v) is 9.46. The molecule has 0 N–H and O–H groups in total. The lowest BCUT2D eigenvalue weighted by Crippen LogP contribution is -2.48. The third-order valence-electron chi connectivity index (χ3n) is 4.77. The van der Waals surface area contributed by atoms with Crippen molar-refractivity contribution >= 4 is 15.9 Å². The summed E-state index contributed by atoms with van der Waals surface area (Å²) in [5, 5.41) is -1.06. The van der Waals surface area contributed by atoms with Crippen molar-refractivity contribution in [3.63, 3.8) is 0 Å². The summed E-state index contributed by atoms with van der Waals surface area (Å²) in [4.78, 5) is 13.5. The predicted molar refractivity (Wildman–Crippen MR) is 91.6 cm³/mol. The van der Waals surface area contributed by atoms with Crippen LogP contribution in [0.1, 0.15) is 38.7 Å². The van der Waals surface area contributed by atoms with Gasteiger partial charge in [0.05, 0.1) is 0 Å². The molecule has 5 nitrogen and oxygen atoms in total. The summed E-state index contributed by atoms with van der Waals surface area (Å²) in [6.07, 6.45) is 0.771. The van der Waals surface area contributed by atoms with E-state index in [1.807, 2.05) is 44.2 Å². The molecule has 0 aliphatic carbocycles. The highest BCUT2D eigenvalue weighted by Crippen LogP contribution is 2.39. The fourth-order valence-electron chi connectivity index (χ4n) is 3.52. The molecule has 4 atom stereocenters. The summed E-state index contributed by atoms with van der Waals surface area (Å²) in [5.74, 6) is -0.227. The Morgan fingerprint density at radius 2 is 1.78 bits per heavy atom. The van der Waals surface area contributed by atoms with Crippen LogP contribution in [-0.4, -0.2) is 55.0 Å². The number of carbonyl (C=O) groups excluding carboxylic acids is 1. The van der Waals surface area contributed by atoms with Crippen molar-refractivity contribution in [2.24, 2.45) is 0 Å². The van der Waals surface area contributed by atoms with E-state index in [1.165, 1.54) is 16.1 Å². The first-order valence-electron chi connectivity index (χ1n) is 7.96. The number of amides is 1. The summed E-state index contributed by atoms with van der Waals surface area (Å²) >= 11 is 0. The molecule has 1 amide bonds. The maximum Gasteiger partial charge on any atom is 0.241 e. The summed E-state index contributed by atoms with van der Waals surface area (Å²) in [6, 6.07) is 9.72. The van der Waals surface area contributed by atoms with Crippen LogP contribution in [0.3, 0.4) is 0 Å². The Kier molecular flexibility index (Phi) is 5.16. The number of hydrogen-bond acceptors (Lipinski definition) is 3. The Bertz CT molecular complexity index is 658. The number of rotatable bonds is 4. The Balaban J connectivity index is 2.31. The maximum atomic E-state index is 13.0. The molecule has 0 spiro atoms. The molecule has 4 unspecified atom stereocenters. The normalized spacial score (nSPS) is 26.9. The topological polar surface area (TPSA) is 57.7 Å².